The molecular formula is C4H2BLiN2O5S2. The summed E-state index contributed by atoms with van der Waals surface area (Å²) in [4.78, 5) is 21.7. The van der Waals surface area contributed by atoms with Gasteiger partial charge in [0.25, 0.3) is 0 Å². The first-order valence-electron chi connectivity index (χ1n) is 3.18. The van der Waals surface area contributed by atoms with Gasteiger partial charge in [-0.2, -0.15) is 0 Å². The predicted octanol–water partition coefficient (Wildman–Crippen LogP) is -5.82. The molecule has 0 saturated carbocycles. The summed E-state index contributed by atoms with van der Waals surface area (Å²) in [5, 5.41) is 13.4. The molecule has 1 saturated heterocycles. The molecule has 2 amide bonds. The molecule has 1 fully saturated rings. The van der Waals surface area contributed by atoms with Crippen LogP contribution in [0.15, 0.2) is 0 Å². The molecule has 7 nitrogen and oxygen atoms in total. The molecule has 0 unspecified atom stereocenters. The van der Waals surface area contributed by atoms with Crippen LogP contribution in [0.4, 0.5) is 0 Å². The van der Waals surface area contributed by atoms with Crippen molar-refractivity contribution in [1.82, 2.24) is 10.6 Å². The third-order valence-corrected chi connectivity index (χ3v) is 1.44. The van der Waals surface area contributed by atoms with E-state index in [1.807, 2.05) is 10.6 Å². The number of carbonyl (C=O) groups is 2. The summed E-state index contributed by atoms with van der Waals surface area (Å²) in [5.41, 5.74) is 0. The Labute approximate surface area is 107 Å². The molecule has 1 aliphatic heterocycles. The number of rotatable bonds is 0. The van der Waals surface area contributed by atoms with Crippen molar-refractivity contribution < 1.29 is 42.8 Å². The van der Waals surface area contributed by atoms with Crippen LogP contribution in [0.1, 0.15) is 0 Å². The van der Waals surface area contributed by atoms with Crippen molar-refractivity contribution in [2.75, 3.05) is 0 Å². The van der Waals surface area contributed by atoms with Gasteiger partial charge in [0.2, 0.25) is 10.3 Å². The molecular weight excluding hydrogens is 238 g/mol. The first-order chi connectivity index (χ1) is 6.49. The van der Waals surface area contributed by atoms with Crippen LogP contribution < -0.4 is 34.5 Å². The fraction of sp³-hybridized carbons (Fsp3) is 0. The van der Waals surface area contributed by atoms with Gasteiger partial charge in [-0.25, -0.2) is 0 Å². The van der Waals surface area contributed by atoms with Gasteiger partial charge in [-0.1, -0.05) is 0 Å². The van der Waals surface area contributed by atoms with Gasteiger partial charge < -0.3 is 14.3 Å². The van der Waals surface area contributed by atoms with Gasteiger partial charge in [-0.15, -0.1) is 0 Å². The van der Waals surface area contributed by atoms with Gasteiger partial charge in [0.15, 0.2) is 0 Å². The number of nitrogens with one attached hydrogen (secondary N) is 2. The second-order valence-electron chi connectivity index (χ2n) is 2.01. The smallest absolute Gasteiger partial charge is 0.808 e. The van der Waals surface area contributed by atoms with Gasteiger partial charge in [-0.3, -0.25) is 20.2 Å². The molecule has 11 heteroatoms. The zero-order valence-corrected chi connectivity index (χ0v) is 9.07. The molecule has 15 heavy (non-hydrogen) atoms. The van der Waals surface area contributed by atoms with Crippen molar-refractivity contribution >= 4 is 53.9 Å². The molecule has 0 aromatic rings. The Morgan fingerprint density at radius 3 is 1.73 bits per heavy atom. The molecule has 1 heterocycles. The summed E-state index contributed by atoms with van der Waals surface area (Å²) in [6.07, 6.45) is 0. The maximum atomic E-state index is 10.9. The molecule has 0 aromatic carbocycles. The van der Waals surface area contributed by atoms with E-state index in [0.29, 0.717) is 0 Å². The molecule has 0 atom stereocenters. The minimum absolute atomic E-state index is 0. The fourth-order valence-corrected chi connectivity index (χ4v) is 0.899. The average molecular weight is 240 g/mol. The van der Waals surface area contributed by atoms with Crippen LogP contribution in [0.3, 0.4) is 0 Å². The second-order valence-corrected chi connectivity index (χ2v) is 2.75. The number of carbonyl (C=O) groups excluding carboxylic acids is 2. The first-order valence-corrected chi connectivity index (χ1v) is 4.00. The van der Waals surface area contributed by atoms with E-state index < -0.39 is 29.5 Å². The van der Waals surface area contributed by atoms with Crippen LogP contribution in [0.25, 0.3) is 0 Å². The Bertz CT molecular complexity index is 296. The van der Waals surface area contributed by atoms with Gasteiger partial charge in [0.05, 0.1) is 0 Å². The van der Waals surface area contributed by atoms with Crippen molar-refractivity contribution in [2.24, 2.45) is 0 Å². The van der Waals surface area contributed by atoms with Crippen LogP contribution in [0, 0.1) is 0 Å². The summed E-state index contributed by atoms with van der Waals surface area (Å²) >= 11 is 8.80. The molecule has 0 bridgehead atoms. The summed E-state index contributed by atoms with van der Waals surface area (Å²) in [7, 11) is -2.02. The zero-order chi connectivity index (χ0) is 10.7. The molecule has 0 radical (unpaired) electrons. The summed E-state index contributed by atoms with van der Waals surface area (Å²) in [5.74, 6) is -2.18. The van der Waals surface area contributed by atoms with E-state index in [0.717, 1.165) is 0 Å². The van der Waals surface area contributed by atoms with Crippen LogP contribution in [0.5, 0.6) is 0 Å². The average Bonchev–Trinajstić information content (AvgIpc) is 2.03. The van der Waals surface area contributed by atoms with E-state index in [4.69, 9.17) is 0 Å². The maximum absolute atomic E-state index is 10.9. The van der Waals surface area contributed by atoms with Crippen LogP contribution in [-0.2, 0) is 18.9 Å². The zero-order valence-electron chi connectivity index (χ0n) is 7.44. The van der Waals surface area contributed by atoms with E-state index in [2.05, 4.69) is 33.7 Å². The monoisotopic (exact) mass is 240 g/mol. The van der Waals surface area contributed by atoms with Crippen molar-refractivity contribution in [3.05, 3.63) is 0 Å². The number of hydrogen-bond donors (Lipinski definition) is 2. The largest absolute Gasteiger partial charge is 1.00 e. The normalized spacial score (nSPS) is 17.0. The second kappa shape index (κ2) is 6.04. The SMILES string of the molecule is O=C1NC(=S)OB([O-])OC(=S)NC1=O.[Li+]. The van der Waals surface area contributed by atoms with Crippen molar-refractivity contribution in [2.45, 2.75) is 0 Å². The van der Waals surface area contributed by atoms with Crippen molar-refractivity contribution in [1.29, 1.82) is 0 Å². The number of hydrogen-bond acceptors (Lipinski definition) is 7. The van der Waals surface area contributed by atoms with Crippen LogP contribution in [-0.4, -0.2) is 29.5 Å². The minimum Gasteiger partial charge on any atom is -0.808 e. The topological polar surface area (TPSA) is 99.7 Å². The van der Waals surface area contributed by atoms with E-state index in [-0.39, 0.29) is 18.9 Å². The molecule has 1 rings (SSSR count). The number of thiocarbonyl (C=S) groups is 2. The maximum Gasteiger partial charge on any atom is 1.00 e. The first kappa shape index (κ1) is 14.3. The van der Waals surface area contributed by atoms with E-state index in [1.165, 1.54) is 0 Å². The van der Waals surface area contributed by atoms with Crippen LogP contribution in [0.2, 0.25) is 0 Å². The molecule has 2 N–H and O–H groups in total. The number of amides is 2. The third kappa shape index (κ3) is 4.59. The standard InChI is InChI=1S/C4H2BN2O5S2.Li/c8-1-2(9)7-4(14)12-5(10)11-3(13)6-1;/h(H,6,8,13)(H,7,9,14);/q-1;+1. The Kier molecular flexibility index (Phi) is 5.78. The van der Waals surface area contributed by atoms with Crippen molar-refractivity contribution in [3.8, 4) is 0 Å². The Balaban J connectivity index is 0.00000196. The summed E-state index contributed by atoms with van der Waals surface area (Å²) in [6.45, 7) is 0. The van der Waals surface area contributed by atoms with Gasteiger partial charge in [0, 0.05) is 0 Å². The van der Waals surface area contributed by atoms with Gasteiger partial charge >= 0.3 is 38.0 Å². The summed E-state index contributed by atoms with van der Waals surface area (Å²) < 4.78 is 8.60. The molecule has 0 aromatic heterocycles. The van der Waals surface area contributed by atoms with E-state index in [9.17, 15) is 14.6 Å². The van der Waals surface area contributed by atoms with Gasteiger partial charge in [0.1, 0.15) is 0 Å². The van der Waals surface area contributed by atoms with Gasteiger partial charge in [-0.05, 0) is 24.4 Å². The van der Waals surface area contributed by atoms with Crippen LogP contribution >= 0.6 is 24.4 Å². The molecule has 74 valence electrons. The van der Waals surface area contributed by atoms with Crippen molar-refractivity contribution in [3.63, 3.8) is 0 Å². The molecule has 0 spiro atoms. The Morgan fingerprint density at radius 2 is 1.40 bits per heavy atom. The minimum atomic E-state index is -2.02. The molecule has 1 aliphatic rings. The quantitative estimate of drug-likeness (QED) is 0.247. The Morgan fingerprint density at radius 1 is 1.07 bits per heavy atom. The fourth-order valence-electron chi connectivity index (χ4n) is 0.557. The summed E-state index contributed by atoms with van der Waals surface area (Å²) in [6, 6.07) is 0. The Hall–Kier alpha value is -0.658. The third-order valence-electron chi connectivity index (χ3n) is 1.04. The molecule has 0 aliphatic carbocycles. The predicted molar refractivity (Wildman–Crippen MR) is 49.4 cm³/mol. The van der Waals surface area contributed by atoms with E-state index in [1.54, 1.807) is 0 Å². The van der Waals surface area contributed by atoms with E-state index >= 15 is 0 Å².